The minimum atomic E-state index is 0.123. The average Bonchev–Trinajstić information content (AvgIpc) is 2.92. The van der Waals surface area contributed by atoms with Crippen LogP contribution in [0.5, 0.6) is 5.75 Å². The van der Waals surface area contributed by atoms with Crippen LogP contribution in [0.1, 0.15) is 12.8 Å². The summed E-state index contributed by atoms with van der Waals surface area (Å²) in [5, 5.41) is 2.90. The third-order valence-electron chi connectivity index (χ3n) is 3.50. The van der Waals surface area contributed by atoms with Crippen molar-refractivity contribution in [3.8, 4) is 16.9 Å². The van der Waals surface area contributed by atoms with E-state index in [0.717, 1.165) is 12.2 Å². The predicted molar refractivity (Wildman–Crippen MR) is 78.5 cm³/mol. The second-order valence-corrected chi connectivity index (χ2v) is 5.00. The zero-order valence-electron chi connectivity index (χ0n) is 11.2. The van der Waals surface area contributed by atoms with Crippen molar-refractivity contribution in [1.29, 1.82) is 0 Å². The van der Waals surface area contributed by atoms with E-state index in [-0.39, 0.29) is 11.9 Å². The number of nitrogens with one attached hydrogen (secondary N) is 1. The maximum atomic E-state index is 11.1. The standard InChI is InChI=1S/C17H17NO2/c19-17-11-8-15(18-17)12-20-16-9-6-14(7-10-16)13-4-2-1-3-5-13/h1-7,9-10,15H,8,11-12H2,(H,18,19). The Labute approximate surface area is 118 Å². The van der Waals surface area contributed by atoms with E-state index in [1.54, 1.807) is 0 Å². The Morgan fingerprint density at radius 2 is 1.70 bits per heavy atom. The molecule has 0 spiro atoms. The van der Waals surface area contributed by atoms with Crippen LogP contribution in [0, 0.1) is 0 Å². The van der Waals surface area contributed by atoms with Crippen LogP contribution < -0.4 is 10.1 Å². The molecule has 0 bridgehead atoms. The van der Waals surface area contributed by atoms with Gasteiger partial charge in [-0.1, -0.05) is 42.5 Å². The molecule has 2 aromatic rings. The van der Waals surface area contributed by atoms with Crippen molar-refractivity contribution < 1.29 is 9.53 Å². The highest BCUT2D eigenvalue weighted by Crippen LogP contribution is 2.22. The zero-order chi connectivity index (χ0) is 13.8. The van der Waals surface area contributed by atoms with Gasteiger partial charge in [0, 0.05) is 6.42 Å². The fraction of sp³-hybridized carbons (Fsp3) is 0.235. The van der Waals surface area contributed by atoms with Crippen molar-refractivity contribution in [2.75, 3.05) is 6.61 Å². The van der Waals surface area contributed by atoms with E-state index in [1.807, 2.05) is 30.3 Å². The van der Waals surface area contributed by atoms with Gasteiger partial charge in [0.2, 0.25) is 5.91 Å². The predicted octanol–water partition coefficient (Wildman–Crippen LogP) is 3.01. The van der Waals surface area contributed by atoms with Gasteiger partial charge in [0.25, 0.3) is 0 Å². The molecule has 2 aromatic carbocycles. The monoisotopic (exact) mass is 267 g/mol. The van der Waals surface area contributed by atoms with Gasteiger partial charge in [-0.15, -0.1) is 0 Å². The quantitative estimate of drug-likeness (QED) is 0.924. The van der Waals surface area contributed by atoms with Gasteiger partial charge in [-0.05, 0) is 29.7 Å². The van der Waals surface area contributed by atoms with Gasteiger partial charge in [-0.25, -0.2) is 0 Å². The summed E-state index contributed by atoms with van der Waals surface area (Å²) in [5.74, 6) is 0.962. The van der Waals surface area contributed by atoms with E-state index in [4.69, 9.17) is 4.74 Å². The molecular weight excluding hydrogens is 250 g/mol. The summed E-state index contributed by atoms with van der Waals surface area (Å²) in [6.45, 7) is 0.538. The maximum Gasteiger partial charge on any atom is 0.220 e. The zero-order valence-corrected chi connectivity index (χ0v) is 11.2. The Hall–Kier alpha value is -2.29. The first-order valence-corrected chi connectivity index (χ1v) is 6.89. The number of amides is 1. The number of hydrogen-bond acceptors (Lipinski definition) is 2. The smallest absolute Gasteiger partial charge is 0.220 e. The number of rotatable bonds is 4. The van der Waals surface area contributed by atoms with Crippen LogP contribution in [0.25, 0.3) is 11.1 Å². The van der Waals surface area contributed by atoms with Crippen molar-refractivity contribution in [2.45, 2.75) is 18.9 Å². The maximum absolute atomic E-state index is 11.1. The molecule has 102 valence electrons. The lowest BCUT2D eigenvalue weighted by atomic mass is 10.1. The second kappa shape index (κ2) is 5.78. The van der Waals surface area contributed by atoms with Gasteiger partial charge in [-0.2, -0.15) is 0 Å². The summed E-state index contributed by atoms with van der Waals surface area (Å²) in [6.07, 6.45) is 1.47. The van der Waals surface area contributed by atoms with E-state index >= 15 is 0 Å². The lowest BCUT2D eigenvalue weighted by Gasteiger charge is -2.12. The Kier molecular flexibility index (Phi) is 3.68. The summed E-state index contributed by atoms with van der Waals surface area (Å²) < 4.78 is 5.71. The van der Waals surface area contributed by atoms with Crippen molar-refractivity contribution in [1.82, 2.24) is 5.32 Å². The molecule has 1 saturated heterocycles. The number of hydrogen-bond donors (Lipinski definition) is 1. The molecule has 3 rings (SSSR count). The van der Waals surface area contributed by atoms with Gasteiger partial charge in [-0.3, -0.25) is 4.79 Å². The Morgan fingerprint density at radius 1 is 1.00 bits per heavy atom. The molecular formula is C17H17NO2. The number of ether oxygens (including phenoxy) is 1. The molecule has 20 heavy (non-hydrogen) atoms. The highest BCUT2D eigenvalue weighted by atomic mass is 16.5. The molecule has 0 radical (unpaired) electrons. The first-order chi connectivity index (χ1) is 9.81. The topological polar surface area (TPSA) is 38.3 Å². The third-order valence-corrected chi connectivity index (χ3v) is 3.50. The van der Waals surface area contributed by atoms with Gasteiger partial charge in [0.15, 0.2) is 0 Å². The molecule has 1 fully saturated rings. The summed E-state index contributed by atoms with van der Waals surface area (Å²) in [7, 11) is 0. The Morgan fingerprint density at radius 3 is 2.35 bits per heavy atom. The van der Waals surface area contributed by atoms with Crippen LogP contribution in [0.3, 0.4) is 0 Å². The second-order valence-electron chi connectivity index (χ2n) is 5.00. The van der Waals surface area contributed by atoms with Crippen molar-refractivity contribution in [3.05, 3.63) is 54.6 Å². The van der Waals surface area contributed by atoms with Gasteiger partial charge < -0.3 is 10.1 Å². The summed E-state index contributed by atoms with van der Waals surface area (Å²) in [5.41, 5.74) is 2.37. The molecule has 1 heterocycles. The lowest BCUT2D eigenvalue weighted by Crippen LogP contribution is -2.30. The molecule has 1 aliphatic heterocycles. The fourth-order valence-corrected chi connectivity index (χ4v) is 2.37. The molecule has 1 atom stereocenters. The van der Waals surface area contributed by atoms with Crippen LogP contribution in [0.4, 0.5) is 0 Å². The normalized spacial score (nSPS) is 17.8. The SMILES string of the molecule is O=C1CCC(COc2ccc(-c3ccccc3)cc2)N1. The molecule has 3 nitrogen and oxygen atoms in total. The van der Waals surface area contributed by atoms with Crippen LogP contribution in [0.15, 0.2) is 54.6 Å². The van der Waals surface area contributed by atoms with Crippen molar-refractivity contribution in [2.24, 2.45) is 0 Å². The van der Waals surface area contributed by atoms with E-state index in [1.165, 1.54) is 11.1 Å². The molecule has 1 aliphatic rings. The van der Waals surface area contributed by atoms with E-state index in [0.29, 0.717) is 13.0 Å². The number of carbonyl (C=O) groups excluding carboxylic acids is 1. The van der Waals surface area contributed by atoms with Gasteiger partial charge >= 0.3 is 0 Å². The highest BCUT2D eigenvalue weighted by molar-refractivity contribution is 5.78. The highest BCUT2D eigenvalue weighted by Gasteiger charge is 2.20. The van der Waals surface area contributed by atoms with E-state index < -0.39 is 0 Å². The van der Waals surface area contributed by atoms with Crippen LogP contribution in [-0.4, -0.2) is 18.6 Å². The summed E-state index contributed by atoms with van der Waals surface area (Å²) in [6, 6.07) is 18.4. The van der Waals surface area contributed by atoms with Crippen LogP contribution in [-0.2, 0) is 4.79 Å². The Bertz CT molecular complexity index is 578. The molecule has 1 N–H and O–H groups in total. The molecule has 3 heteroatoms. The average molecular weight is 267 g/mol. The van der Waals surface area contributed by atoms with Crippen molar-refractivity contribution >= 4 is 5.91 Å². The molecule has 0 aliphatic carbocycles. The summed E-state index contributed by atoms with van der Waals surface area (Å²) >= 11 is 0. The first kappa shape index (κ1) is 12.7. The fourth-order valence-electron chi connectivity index (χ4n) is 2.37. The minimum Gasteiger partial charge on any atom is -0.491 e. The molecule has 1 amide bonds. The molecule has 0 saturated carbocycles. The molecule has 0 aromatic heterocycles. The lowest BCUT2D eigenvalue weighted by molar-refractivity contribution is -0.119. The first-order valence-electron chi connectivity index (χ1n) is 6.89. The number of benzene rings is 2. The summed E-state index contributed by atoms with van der Waals surface area (Å²) in [4.78, 5) is 11.1. The Balaban J connectivity index is 1.60. The third kappa shape index (κ3) is 2.99. The molecule has 1 unspecified atom stereocenters. The minimum absolute atomic E-state index is 0.123. The number of carbonyl (C=O) groups is 1. The van der Waals surface area contributed by atoms with Gasteiger partial charge in [0.05, 0.1) is 6.04 Å². The van der Waals surface area contributed by atoms with E-state index in [9.17, 15) is 4.79 Å². The van der Waals surface area contributed by atoms with Crippen molar-refractivity contribution in [3.63, 3.8) is 0 Å². The van der Waals surface area contributed by atoms with Crippen LogP contribution >= 0.6 is 0 Å². The van der Waals surface area contributed by atoms with Gasteiger partial charge in [0.1, 0.15) is 12.4 Å². The largest absolute Gasteiger partial charge is 0.491 e. The van der Waals surface area contributed by atoms with E-state index in [2.05, 4.69) is 29.6 Å². The van der Waals surface area contributed by atoms with Crippen LogP contribution in [0.2, 0.25) is 0 Å².